The molecule has 0 unspecified atom stereocenters. The van der Waals surface area contributed by atoms with Crippen molar-refractivity contribution >= 4 is 23.3 Å². The first kappa shape index (κ1) is 16.5. The van der Waals surface area contributed by atoms with E-state index < -0.39 is 5.97 Å². The second-order valence-electron chi connectivity index (χ2n) is 5.27. The number of rotatable bonds is 5. The molecule has 0 saturated heterocycles. The fraction of sp³-hybridized carbons (Fsp3) is 0.222. The molecule has 2 rings (SSSR count). The second-order valence-corrected chi connectivity index (χ2v) is 5.27. The monoisotopic (exact) mass is 312 g/mol. The fourth-order valence-corrected chi connectivity index (χ4v) is 2.08. The summed E-state index contributed by atoms with van der Waals surface area (Å²) in [6, 6.07) is 12.6. The Balaban J connectivity index is 1.94. The average Bonchev–Trinajstić information content (AvgIpc) is 2.56. The van der Waals surface area contributed by atoms with Crippen molar-refractivity contribution in [3.05, 3.63) is 59.2 Å². The van der Waals surface area contributed by atoms with E-state index in [0.29, 0.717) is 11.3 Å². The van der Waals surface area contributed by atoms with Crippen LogP contribution >= 0.6 is 0 Å². The number of ether oxygens (including phenoxy) is 1. The van der Waals surface area contributed by atoms with Gasteiger partial charge in [0.15, 0.2) is 0 Å². The van der Waals surface area contributed by atoms with Gasteiger partial charge >= 0.3 is 5.97 Å². The number of carbonyl (C=O) groups is 2. The molecule has 0 spiro atoms. The third-order valence-electron chi connectivity index (χ3n) is 3.53. The van der Waals surface area contributed by atoms with Gasteiger partial charge in [-0.15, -0.1) is 0 Å². The number of amides is 1. The molecule has 1 amide bonds. The Kier molecular flexibility index (Phi) is 5.36. The first-order valence-corrected chi connectivity index (χ1v) is 7.29. The molecule has 23 heavy (non-hydrogen) atoms. The molecule has 2 aromatic rings. The van der Waals surface area contributed by atoms with E-state index in [0.717, 1.165) is 11.3 Å². The van der Waals surface area contributed by atoms with Crippen molar-refractivity contribution in [2.45, 2.75) is 13.8 Å². The van der Waals surface area contributed by atoms with Gasteiger partial charge in [0.1, 0.15) is 0 Å². The molecule has 0 aliphatic rings. The van der Waals surface area contributed by atoms with Gasteiger partial charge in [-0.25, -0.2) is 4.79 Å². The number of anilines is 2. The smallest absolute Gasteiger partial charge is 0.337 e. The molecule has 0 bridgehead atoms. The Morgan fingerprint density at radius 2 is 1.78 bits per heavy atom. The molecular formula is C18H20N2O3. The van der Waals surface area contributed by atoms with Crippen LogP contribution < -0.4 is 10.6 Å². The highest BCUT2D eigenvalue weighted by molar-refractivity contribution is 5.94. The van der Waals surface area contributed by atoms with Gasteiger partial charge in [0.05, 0.1) is 19.2 Å². The van der Waals surface area contributed by atoms with Crippen LogP contribution in [0, 0.1) is 13.8 Å². The summed E-state index contributed by atoms with van der Waals surface area (Å²) in [6.45, 7) is 4.13. The SMILES string of the molecule is COC(=O)c1cccc(NCC(=O)Nc2ccc(C)c(C)c2)c1. The minimum Gasteiger partial charge on any atom is -0.465 e. The van der Waals surface area contributed by atoms with Gasteiger partial charge in [0.2, 0.25) is 5.91 Å². The zero-order chi connectivity index (χ0) is 16.8. The highest BCUT2D eigenvalue weighted by Gasteiger charge is 2.07. The van der Waals surface area contributed by atoms with Crippen molar-refractivity contribution in [2.75, 3.05) is 24.3 Å². The van der Waals surface area contributed by atoms with Crippen LogP contribution in [-0.2, 0) is 9.53 Å². The van der Waals surface area contributed by atoms with Crippen molar-refractivity contribution < 1.29 is 14.3 Å². The minimum atomic E-state index is -0.409. The third kappa shape index (κ3) is 4.57. The van der Waals surface area contributed by atoms with Crippen molar-refractivity contribution in [1.29, 1.82) is 0 Å². The van der Waals surface area contributed by atoms with Crippen LogP contribution in [0.4, 0.5) is 11.4 Å². The molecule has 0 radical (unpaired) electrons. The zero-order valence-electron chi connectivity index (χ0n) is 13.5. The van der Waals surface area contributed by atoms with Crippen molar-refractivity contribution in [3.63, 3.8) is 0 Å². The average molecular weight is 312 g/mol. The number of benzene rings is 2. The summed E-state index contributed by atoms with van der Waals surface area (Å²) in [5.74, 6) is -0.565. The van der Waals surface area contributed by atoms with Crippen molar-refractivity contribution in [2.24, 2.45) is 0 Å². The van der Waals surface area contributed by atoms with Gasteiger partial charge in [-0.1, -0.05) is 12.1 Å². The number of hydrogen-bond donors (Lipinski definition) is 2. The Bertz CT molecular complexity index is 726. The van der Waals surface area contributed by atoms with Crippen LogP contribution in [0.25, 0.3) is 0 Å². The Morgan fingerprint density at radius 1 is 1.00 bits per heavy atom. The lowest BCUT2D eigenvalue weighted by molar-refractivity contribution is -0.114. The number of nitrogens with one attached hydrogen (secondary N) is 2. The molecule has 0 fully saturated rings. The molecule has 2 N–H and O–H groups in total. The normalized spacial score (nSPS) is 10.0. The van der Waals surface area contributed by atoms with Crippen LogP contribution in [0.15, 0.2) is 42.5 Å². The van der Waals surface area contributed by atoms with Gasteiger partial charge in [-0.05, 0) is 55.3 Å². The number of methoxy groups -OCH3 is 1. The highest BCUT2D eigenvalue weighted by Crippen LogP contribution is 2.14. The topological polar surface area (TPSA) is 67.4 Å². The lowest BCUT2D eigenvalue weighted by atomic mass is 10.1. The molecule has 120 valence electrons. The molecule has 5 heteroatoms. The quantitative estimate of drug-likeness (QED) is 0.832. The van der Waals surface area contributed by atoms with E-state index in [2.05, 4.69) is 15.4 Å². The standard InChI is InChI=1S/C18H20N2O3/c1-12-7-8-16(9-13(12)2)20-17(21)11-19-15-6-4-5-14(10-15)18(22)23-3/h4-10,19H,11H2,1-3H3,(H,20,21). The van der Waals surface area contributed by atoms with E-state index in [-0.39, 0.29) is 12.5 Å². The second kappa shape index (κ2) is 7.45. The molecule has 0 aliphatic carbocycles. The maximum atomic E-state index is 12.0. The molecule has 2 aromatic carbocycles. The molecular weight excluding hydrogens is 292 g/mol. The summed E-state index contributed by atoms with van der Waals surface area (Å²) >= 11 is 0. The summed E-state index contributed by atoms with van der Waals surface area (Å²) in [4.78, 5) is 23.5. The lowest BCUT2D eigenvalue weighted by Crippen LogP contribution is -2.21. The van der Waals surface area contributed by atoms with Gasteiger partial charge < -0.3 is 15.4 Å². The van der Waals surface area contributed by atoms with E-state index in [9.17, 15) is 9.59 Å². The zero-order valence-corrected chi connectivity index (χ0v) is 13.5. The van der Waals surface area contributed by atoms with Crippen molar-refractivity contribution in [3.8, 4) is 0 Å². The first-order valence-electron chi connectivity index (χ1n) is 7.29. The molecule has 0 aliphatic heterocycles. The molecule has 5 nitrogen and oxygen atoms in total. The summed E-state index contributed by atoms with van der Waals surface area (Å²) in [5.41, 5.74) is 4.20. The Labute approximate surface area is 135 Å². The molecule has 0 saturated carbocycles. The first-order chi connectivity index (χ1) is 11.0. The highest BCUT2D eigenvalue weighted by atomic mass is 16.5. The van der Waals surface area contributed by atoms with Crippen LogP contribution in [0.1, 0.15) is 21.5 Å². The summed E-state index contributed by atoms with van der Waals surface area (Å²) in [7, 11) is 1.33. The maximum Gasteiger partial charge on any atom is 0.337 e. The Morgan fingerprint density at radius 3 is 2.48 bits per heavy atom. The number of carbonyl (C=O) groups excluding carboxylic acids is 2. The summed E-state index contributed by atoms with van der Waals surface area (Å²) < 4.78 is 4.67. The Hall–Kier alpha value is -2.82. The predicted molar refractivity (Wildman–Crippen MR) is 90.8 cm³/mol. The van der Waals surface area contributed by atoms with Crippen molar-refractivity contribution in [1.82, 2.24) is 0 Å². The van der Waals surface area contributed by atoms with E-state index in [1.165, 1.54) is 12.7 Å². The van der Waals surface area contributed by atoms with Crippen LogP contribution in [0.5, 0.6) is 0 Å². The van der Waals surface area contributed by atoms with Crippen LogP contribution in [0.2, 0.25) is 0 Å². The molecule has 0 atom stereocenters. The van der Waals surface area contributed by atoms with Crippen LogP contribution in [0.3, 0.4) is 0 Å². The molecule has 0 aromatic heterocycles. The number of aryl methyl sites for hydroxylation is 2. The van der Waals surface area contributed by atoms with E-state index in [1.54, 1.807) is 24.3 Å². The number of hydrogen-bond acceptors (Lipinski definition) is 4. The summed E-state index contributed by atoms with van der Waals surface area (Å²) in [6.07, 6.45) is 0. The fourth-order valence-electron chi connectivity index (χ4n) is 2.08. The van der Waals surface area contributed by atoms with Gasteiger partial charge in [-0.3, -0.25) is 4.79 Å². The van der Waals surface area contributed by atoms with Gasteiger partial charge in [0.25, 0.3) is 0 Å². The minimum absolute atomic E-state index is 0.109. The van der Waals surface area contributed by atoms with Crippen LogP contribution in [-0.4, -0.2) is 25.5 Å². The summed E-state index contributed by atoms with van der Waals surface area (Å²) in [5, 5.41) is 5.83. The third-order valence-corrected chi connectivity index (χ3v) is 3.53. The maximum absolute atomic E-state index is 12.0. The van der Waals surface area contributed by atoms with Gasteiger partial charge in [0, 0.05) is 11.4 Å². The predicted octanol–water partition coefficient (Wildman–Crippen LogP) is 3.14. The van der Waals surface area contributed by atoms with E-state index >= 15 is 0 Å². The largest absolute Gasteiger partial charge is 0.465 e. The lowest BCUT2D eigenvalue weighted by Gasteiger charge is -2.10. The van der Waals surface area contributed by atoms with E-state index in [4.69, 9.17) is 0 Å². The van der Waals surface area contributed by atoms with E-state index in [1.807, 2.05) is 32.0 Å². The molecule has 0 heterocycles. The number of esters is 1. The van der Waals surface area contributed by atoms with Gasteiger partial charge in [-0.2, -0.15) is 0 Å².